The summed E-state index contributed by atoms with van der Waals surface area (Å²) in [7, 11) is 3.54. The molecule has 0 aliphatic heterocycles. The lowest BCUT2D eigenvalue weighted by molar-refractivity contribution is 0.0789. The molecule has 1 aromatic carbocycles. The van der Waals surface area contributed by atoms with Gasteiger partial charge in [-0.25, -0.2) is 4.79 Å². The third-order valence-corrected chi connectivity index (χ3v) is 3.73. The van der Waals surface area contributed by atoms with Crippen LogP contribution in [0.25, 0.3) is 11.0 Å². The zero-order valence-electron chi connectivity index (χ0n) is 11.1. The highest BCUT2D eigenvalue weighted by atomic mass is 16.2. The maximum Gasteiger partial charge on any atom is 0.326 e. The van der Waals surface area contributed by atoms with Crippen LogP contribution in [0, 0.1) is 5.92 Å². The van der Waals surface area contributed by atoms with Crippen LogP contribution in [0.1, 0.15) is 23.2 Å². The van der Waals surface area contributed by atoms with Crippen molar-refractivity contribution in [3.8, 4) is 0 Å². The first kappa shape index (κ1) is 12.0. The van der Waals surface area contributed by atoms with Gasteiger partial charge in [0.2, 0.25) is 0 Å². The van der Waals surface area contributed by atoms with E-state index in [0.29, 0.717) is 17.0 Å². The Morgan fingerprint density at radius 3 is 2.89 bits per heavy atom. The first-order chi connectivity index (χ1) is 9.06. The Balaban J connectivity index is 1.91. The van der Waals surface area contributed by atoms with Gasteiger partial charge in [-0.2, -0.15) is 0 Å². The number of fused-ring (bicyclic) bond motifs is 1. The Labute approximate surface area is 110 Å². The lowest BCUT2D eigenvalue weighted by atomic mass is 10.1. The van der Waals surface area contributed by atoms with Crippen molar-refractivity contribution in [3.05, 3.63) is 34.2 Å². The van der Waals surface area contributed by atoms with Crippen LogP contribution in [0.3, 0.4) is 0 Å². The van der Waals surface area contributed by atoms with Gasteiger partial charge < -0.3 is 9.88 Å². The number of amides is 1. The van der Waals surface area contributed by atoms with Crippen LogP contribution in [-0.2, 0) is 7.05 Å². The molecule has 0 unspecified atom stereocenters. The van der Waals surface area contributed by atoms with Crippen molar-refractivity contribution in [1.29, 1.82) is 0 Å². The van der Waals surface area contributed by atoms with Gasteiger partial charge in [0.05, 0.1) is 11.0 Å². The van der Waals surface area contributed by atoms with E-state index >= 15 is 0 Å². The normalized spacial score (nSPS) is 14.8. The average molecular weight is 259 g/mol. The molecule has 1 aliphatic carbocycles. The molecular weight excluding hydrogens is 242 g/mol. The molecule has 1 amide bonds. The highest BCUT2D eigenvalue weighted by molar-refractivity contribution is 5.97. The molecule has 100 valence electrons. The molecule has 5 heteroatoms. The van der Waals surface area contributed by atoms with E-state index in [4.69, 9.17) is 0 Å². The van der Waals surface area contributed by atoms with Crippen LogP contribution in [-0.4, -0.2) is 34.0 Å². The van der Waals surface area contributed by atoms with Crippen LogP contribution < -0.4 is 5.69 Å². The van der Waals surface area contributed by atoms with Gasteiger partial charge in [-0.05, 0) is 37.0 Å². The van der Waals surface area contributed by atoms with Crippen LogP contribution >= 0.6 is 0 Å². The maximum absolute atomic E-state index is 12.3. The number of aromatic nitrogens is 2. The zero-order valence-corrected chi connectivity index (χ0v) is 11.1. The second-order valence-corrected chi connectivity index (χ2v) is 5.35. The van der Waals surface area contributed by atoms with E-state index in [1.54, 1.807) is 24.1 Å². The van der Waals surface area contributed by atoms with Crippen molar-refractivity contribution in [2.45, 2.75) is 12.8 Å². The van der Waals surface area contributed by atoms with Crippen molar-refractivity contribution in [1.82, 2.24) is 14.5 Å². The van der Waals surface area contributed by atoms with Crippen LogP contribution in [0.5, 0.6) is 0 Å². The van der Waals surface area contributed by atoms with Gasteiger partial charge in [0, 0.05) is 26.2 Å². The smallest absolute Gasteiger partial charge is 0.326 e. The second-order valence-electron chi connectivity index (χ2n) is 5.35. The third-order valence-electron chi connectivity index (χ3n) is 3.73. The molecular formula is C14H17N3O2. The standard InChI is InChI=1S/C14H17N3O2/c1-16(8-9-3-4-9)13(18)10-5-6-12-11(7-10)15-14(19)17(12)2/h5-7,9H,3-4,8H2,1-2H3,(H,15,19). The number of H-pyrrole nitrogens is 1. The van der Waals surface area contributed by atoms with Crippen molar-refractivity contribution in [2.75, 3.05) is 13.6 Å². The van der Waals surface area contributed by atoms with E-state index in [1.165, 1.54) is 17.4 Å². The number of imidazole rings is 1. The van der Waals surface area contributed by atoms with Crippen molar-refractivity contribution in [2.24, 2.45) is 13.0 Å². The molecule has 1 saturated carbocycles. The van der Waals surface area contributed by atoms with Gasteiger partial charge >= 0.3 is 5.69 Å². The largest absolute Gasteiger partial charge is 0.341 e. The van der Waals surface area contributed by atoms with Crippen molar-refractivity contribution in [3.63, 3.8) is 0 Å². The highest BCUT2D eigenvalue weighted by Gasteiger charge is 2.25. The van der Waals surface area contributed by atoms with Gasteiger partial charge in [0.15, 0.2) is 0 Å². The molecule has 0 atom stereocenters. The van der Waals surface area contributed by atoms with E-state index in [9.17, 15) is 9.59 Å². The van der Waals surface area contributed by atoms with E-state index < -0.39 is 0 Å². The monoisotopic (exact) mass is 259 g/mol. The molecule has 0 radical (unpaired) electrons. The summed E-state index contributed by atoms with van der Waals surface area (Å²) in [5.41, 5.74) is 1.98. The number of nitrogens with one attached hydrogen (secondary N) is 1. The van der Waals surface area contributed by atoms with Crippen LogP contribution in [0.4, 0.5) is 0 Å². The molecule has 1 aliphatic rings. The average Bonchev–Trinajstić information content (AvgIpc) is 3.15. The Hall–Kier alpha value is -2.04. The predicted molar refractivity (Wildman–Crippen MR) is 73.2 cm³/mol. The number of nitrogens with zero attached hydrogens (tertiary/aromatic N) is 2. The van der Waals surface area contributed by atoms with Gasteiger partial charge in [-0.15, -0.1) is 0 Å². The molecule has 19 heavy (non-hydrogen) atoms. The summed E-state index contributed by atoms with van der Waals surface area (Å²) < 4.78 is 1.54. The first-order valence-electron chi connectivity index (χ1n) is 6.50. The van der Waals surface area contributed by atoms with E-state index in [1.807, 2.05) is 13.1 Å². The van der Waals surface area contributed by atoms with E-state index in [2.05, 4.69) is 4.98 Å². The Bertz CT molecular complexity index is 694. The Morgan fingerprint density at radius 1 is 1.47 bits per heavy atom. The highest BCUT2D eigenvalue weighted by Crippen LogP contribution is 2.29. The third kappa shape index (κ3) is 2.16. The molecule has 1 aromatic heterocycles. The fourth-order valence-corrected chi connectivity index (χ4v) is 2.36. The Kier molecular flexibility index (Phi) is 2.69. The zero-order chi connectivity index (χ0) is 13.6. The number of rotatable bonds is 3. The molecule has 0 saturated heterocycles. The summed E-state index contributed by atoms with van der Waals surface area (Å²) in [4.78, 5) is 28.3. The molecule has 5 nitrogen and oxygen atoms in total. The van der Waals surface area contributed by atoms with Crippen LogP contribution in [0.15, 0.2) is 23.0 Å². The first-order valence-corrected chi connectivity index (χ1v) is 6.50. The number of carbonyl (C=O) groups excluding carboxylic acids is 1. The fourth-order valence-electron chi connectivity index (χ4n) is 2.36. The number of aryl methyl sites for hydroxylation is 1. The second kappa shape index (κ2) is 4.26. The van der Waals surface area contributed by atoms with E-state index in [0.717, 1.165) is 12.1 Å². The predicted octanol–water partition coefficient (Wildman–Crippen LogP) is 1.35. The number of hydrogen-bond acceptors (Lipinski definition) is 2. The summed E-state index contributed by atoms with van der Waals surface area (Å²) in [6.07, 6.45) is 2.45. The minimum absolute atomic E-state index is 0.0125. The number of benzene rings is 1. The molecule has 2 aromatic rings. The minimum Gasteiger partial charge on any atom is -0.341 e. The SMILES string of the molecule is CN(CC1CC1)C(=O)c1ccc2c(c1)[nH]c(=O)n2C. The quantitative estimate of drug-likeness (QED) is 0.904. The summed E-state index contributed by atoms with van der Waals surface area (Å²) in [6, 6.07) is 5.34. The van der Waals surface area contributed by atoms with Gasteiger partial charge in [0.25, 0.3) is 5.91 Å². The summed E-state index contributed by atoms with van der Waals surface area (Å²) in [6.45, 7) is 0.822. The number of carbonyl (C=O) groups is 1. The van der Waals surface area contributed by atoms with E-state index in [-0.39, 0.29) is 11.6 Å². The summed E-state index contributed by atoms with van der Waals surface area (Å²) in [5.74, 6) is 0.688. The number of hydrogen-bond donors (Lipinski definition) is 1. The molecule has 1 N–H and O–H groups in total. The van der Waals surface area contributed by atoms with Gasteiger partial charge in [-0.1, -0.05) is 0 Å². The molecule has 0 bridgehead atoms. The summed E-state index contributed by atoms with van der Waals surface area (Å²) >= 11 is 0. The van der Waals surface area contributed by atoms with Gasteiger partial charge in [0.1, 0.15) is 0 Å². The topological polar surface area (TPSA) is 58.1 Å². The number of aromatic amines is 1. The fraction of sp³-hybridized carbons (Fsp3) is 0.429. The molecule has 3 rings (SSSR count). The Morgan fingerprint density at radius 2 is 2.21 bits per heavy atom. The molecule has 1 heterocycles. The molecule has 1 fully saturated rings. The van der Waals surface area contributed by atoms with Crippen molar-refractivity contribution >= 4 is 16.9 Å². The lowest BCUT2D eigenvalue weighted by Crippen LogP contribution is -2.28. The molecule has 0 spiro atoms. The van der Waals surface area contributed by atoms with Crippen molar-refractivity contribution < 1.29 is 4.79 Å². The van der Waals surface area contributed by atoms with Crippen LogP contribution in [0.2, 0.25) is 0 Å². The lowest BCUT2D eigenvalue weighted by Gasteiger charge is -2.16. The maximum atomic E-state index is 12.3. The minimum atomic E-state index is -0.161. The summed E-state index contributed by atoms with van der Waals surface area (Å²) in [5, 5.41) is 0. The van der Waals surface area contributed by atoms with Gasteiger partial charge in [-0.3, -0.25) is 9.36 Å².